The summed E-state index contributed by atoms with van der Waals surface area (Å²) in [5.74, 6) is 0.859. The van der Waals surface area contributed by atoms with Gasteiger partial charge in [0, 0.05) is 13.6 Å². The molecule has 3 rings (SSSR count). The standard InChI is InChI=1S/C19H25N3O2/c1-12-6-7-13(2)19(14(12)3)24-11-18(23)22-9-8-16-15(4)20-21(5)17(16)10-22/h6-7H,8-11H2,1-5H3. The van der Waals surface area contributed by atoms with Gasteiger partial charge in [-0.1, -0.05) is 12.1 Å². The number of rotatable bonds is 3. The van der Waals surface area contributed by atoms with Gasteiger partial charge in [-0.2, -0.15) is 5.10 Å². The van der Waals surface area contributed by atoms with Crippen LogP contribution in [0.1, 0.15) is 33.6 Å². The van der Waals surface area contributed by atoms with Crippen molar-refractivity contribution in [2.45, 2.75) is 40.7 Å². The zero-order valence-corrected chi connectivity index (χ0v) is 15.1. The van der Waals surface area contributed by atoms with Gasteiger partial charge in [0.15, 0.2) is 6.61 Å². The summed E-state index contributed by atoms with van der Waals surface area (Å²) >= 11 is 0. The number of ether oxygens (including phenoxy) is 1. The van der Waals surface area contributed by atoms with Crippen LogP contribution in [-0.2, 0) is 24.8 Å². The molecule has 0 spiro atoms. The molecule has 5 heteroatoms. The Kier molecular flexibility index (Phi) is 4.35. The Balaban J connectivity index is 1.69. The second-order valence-corrected chi connectivity index (χ2v) is 6.64. The normalized spacial score (nSPS) is 13.8. The maximum absolute atomic E-state index is 12.6. The number of hydrogen-bond acceptors (Lipinski definition) is 3. The molecule has 0 atom stereocenters. The van der Waals surface area contributed by atoms with Crippen molar-refractivity contribution in [3.05, 3.63) is 45.8 Å². The van der Waals surface area contributed by atoms with Crippen molar-refractivity contribution in [2.24, 2.45) is 7.05 Å². The first-order chi connectivity index (χ1) is 11.4. The number of hydrogen-bond donors (Lipinski definition) is 0. The molecule has 0 unspecified atom stereocenters. The van der Waals surface area contributed by atoms with Crippen molar-refractivity contribution in [3.8, 4) is 5.75 Å². The quantitative estimate of drug-likeness (QED) is 0.871. The molecule has 0 fully saturated rings. The predicted molar refractivity (Wildman–Crippen MR) is 93.2 cm³/mol. The summed E-state index contributed by atoms with van der Waals surface area (Å²) in [7, 11) is 1.94. The third-order valence-corrected chi connectivity index (χ3v) is 5.01. The molecule has 0 N–H and O–H groups in total. The van der Waals surface area contributed by atoms with E-state index in [2.05, 4.69) is 18.1 Å². The summed E-state index contributed by atoms with van der Waals surface area (Å²) in [5.41, 5.74) is 6.83. The third kappa shape index (κ3) is 2.90. The van der Waals surface area contributed by atoms with E-state index in [0.717, 1.165) is 41.2 Å². The zero-order valence-electron chi connectivity index (χ0n) is 15.1. The third-order valence-electron chi connectivity index (χ3n) is 5.01. The molecule has 1 aliphatic heterocycles. The van der Waals surface area contributed by atoms with E-state index in [-0.39, 0.29) is 12.5 Å². The average Bonchev–Trinajstić information content (AvgIpc) is 2.85. The molecule has 2 heterocycles. The van der Waals surface area contributed by atoms with Crippen molar-refractivity contribution in [2.75, 3.05) is 13.2 Å². The second-order valence-electron chi connectivity index (χ2n) is 6.64. The number of carbonyl (C=O) groups is 1. The van der Waals surface area contributed by atoms with E-state index in [4.69, 9.17) is 4.74 Å². The Bertz CT molecular complexity index is 792. The van der Waals surface area contributed by atoms with Crippen molar-refractivity contribution in [1.29, 1.82) is 0 Å². The van der Waals surface area contributed by atoms with Gasteiger partial charge in [-0.15, -0.1) is 0 Å². The van der Waals surface area contributed by atoms with Crippen LogP contribution in [0.4, 0.5) is 0 Å². The number of carbonyl (C=O) groups excluding carboxylic acids is 1. The van der Waals surface area contributed by atoms with Gasteiger partial charge in [-0.25, -0.2) is 0 Å². The number of benzene rings is 1. The zero-order chi connectivity index (χ0) is 17.4. The summed E-state index contributed by atoms with van der Waals surface area (Å²) in [5, 5.41) is 4.46. The average molecular weight is 327 g/mol. The van der Waals surface area contributed by atoms with Crippen LogP contribution in [0.15, 0.2) is 12.1 Å². The lowest BCUT2D eigenvalue weighted by Crippen LogP contribution is -2.39. The first-order valence-corrected chi connectivity index (χ1v) is 8.37. The number of fused-ring (bicyclic) bond motifs is 1. The van der Waals surface area contributed by atoms with Crippen molar-refractivity contribution in [1.82, 2.24) is 14.7 Å². The van der Waals surface area contributed by atoms with Gasteiger partial charge in [0.05, 0.1) is 17.9 Å². The van der Waals surface area contributed by atoms with Crippen LogP contribution in [0, 0.1) is 27.7 Å². The van der Waals surface area contributed by atoms with Crippen molar-refractivity contribution in [3.63, 3.8) is 0 Å². The first-order valence-electron chi connectivity index (χ1n) is 8.37. The lowest BCUT2D eigenvalue weighted by molar-refractivity contribution is -0.134. The van der Waals surface area contributed by atoms with Crippen LogP contribution in [0.5, 0.6) is 5.75 Å². The minimum Gasteiger partial charge on any atom is -0.483 e. The molecule has 5 nitrogen and oxygen atoms in total. The van der Waals surface area contributed by atoms with Crippen LogP contribution in [0.2, 0.25) is 0 Å². The van der Waals surface area contributed by atoms with Gasteiger partial charge >= 0.3 is 0 Å². The maximum Gasteiger partial charge on any atom is 0.260 e. The summed E-state index contributed by atoms with van der Waals surface area (Å²) in [4.78, 5) is 14.4. The molecular weight excluding hydrogens is 302 g/mol. The summed E-state index contributed by atoms with van der Waals surface area (Å²) in [6, 6.07) is 4.12. The van der Waals surface area contributed by atoms with Gasteiger partial charge in [0.1, 0.15) is 5.75 Å². The highest BCUT2D eigenvalue weighted by molar-refractivity contribution is 5.78. The fourth-order valence-electron chi connectivity index (χ4n) is 3.37. The van der Waals surface area contributed by atoms with E-state index in [1.54, 1.807) is 0 Å². The Labute approximate surface area is 143 Å². The highest BCUT2D eigenvalue weighted by Crippen LogP contribution is 2.26. The molecule has 24 heavy (non-hydrogen) atoms. The van der Waals surface area contributed by atoms with Crippen LogP contribution in [-0.4, -0.2) is 33.7 Å². The maximum atomic E-state index is 12.6. The van der Waals surface area contributed by atoms with Gasteiger partial charge in [0.25, 0.3) is 5.91 Å². The monoisotopic (exact) mass is 327 g/mol. The van der Waals surface area contributed by atoms with Gasteiger partial charge < -0.3 is 9.64 Å². The second kappa shape index (κ2) is 6.30. The molecule has 1 amide bonds. The molecule has 2 aromatic rings. The van der Waals surface area contributed by atoms with Crippen LogP contribution < -0.4 is 4.74 Å². The summed E-state index contributed by atoms with van der Waals surface area (Å²) in [6.07, 6.45) is 0.864. The molecule has 1 aliphatic rings. The van der Waals surface area contributed by atoms with E-state index in [0.29, 0.717) is 6.54 Å². The number of aromatic nitrogens is 2. The van der Waals surface area contributed by atoms with Crippen LogP contribution >= 0.6 is 0 Å². The Morgan fingerprint density at radius 2 is 1.92 bits per heavy atom. The highest BCUT2D eigenvalue weighted by Gasteiger charge is 2.25. The summed E-state index contributed by atoms with van der Waals surface area (Å²) < 4.78 is 7.76. The smallest absolute Gasteiger partial charge is 0.260 e. The van der Waals surface area contributed by atoms with Crippen molar-refractivity contribution >= 4 is 5.91 Å². The van der Waals surface area contributed by atoms with Crippen LogP contribution in [0.3, 0.4) is 0 Å². The molecule has 0 radical (unpaired) electrons. The SMILES string of the molecule is Cc1ccc(C)c(OCC(=O)N2CCc3c(C)nn(C)c3C2)c1C. The Morgan fingerprint density at radius 1 is 1.21 bits per heavy atom. The van der Waals surface area contributed by atoms with Gasteiger partial charge in [-0.05, 0) is 56.4 Å². The molecule has 0 bridgehead atoms. The minimum absolute atomic E-state index is 0.0276. The largest absolute Gasteiger partial charge is 0.483 e. The molecule has 0 saturated carbocycles. The molecular formula is C19H25N3O2. The molecule has 1 aromatic carbocycles. The first kappa shape index (κ1) is 16.6. The van der Waals surface area contributed by atoms with E-state index < -0.39 is 0 Å². The fourth-order valence-corrected chi connectivity index (χ4v) is 3.37. The number of aryl methyl sites for hydroxylation is 4. The topological polar surface area (TPSA) is 47.4 Å². The van der Waals surface area contributed by atoms with Crippen LogP contribution in [0.25, 0.3) is 0 Å². The lowest BCUT2D eigenvalue weighted by atomic mass is 10.0. The van der Waals surface area contributed by atoms with Crippen molar-refractivity contribution < 1.29 is 9.53 Å². The highest BCUT2D eigenvalue weighted by atomic mass is 16.5. The van der Waals surface area contributed by atoms with E-state index >= 15 is 0 Å². The summed E-state index contributed by atoms with van der Waals surface area (Å²) in [6.45, 7) is 9.56. The molecule has 128 valence electrons. The van der Waals surface area contributed by atoms with E-state index in [9.17, 15) is 4.79 Å². The minimum atomic E-state index is 0.0276. The van der Waals surface area contributed by atoms with Gasteiger partial charge in [-0.3, -0.25) is 9.48 Å². The molecule has 0 saturated heterocycles. The van der Waals surface area contributed by atoms with E-state index in [1.165, 1.54) is 11.1 Å². The Hall–Kier alpha value is -2.30. The van der Waals surface area contributed by atoms with Gasteiger partial charge in [0.2, 0.25) is 0 Å². The Morgan fingerprint density at radius 3 is 2.67 bits per heavy atom. The number of amides is 1. The molecule has 0 aliphatic carbocycles. The van der Waals surface area contributed by atoms with E-state index in [1.807, 2.05) is 43.5 Å². The lowest BCUT2D eigenvalue weighted by Gasteiger charge is -2.28. The molecule has 1 aromatic heterocycles. The number of nitrogens with zero attached hydrogens (tertiary/aromatic N) is 3. The predicted octanol–water partition coefficient (Wildman–Crippen LogP) is 2.62. The fraction of sp³-hybridized carbons (Fsp3) is 0.474.